The van der Waals surface area contributed by atoms with Crippen molar-refractivity contribution in [3.05, 3.63) is 34.9 Å². The maximum atomic E-state index is 13.2. The third-order valence-corrected chi connectivity index (χ3v) is 5.87. The van der Waals surface area contributed by atoms with Gasteiger partial charge in [-0.2, -0.15) is 0 Å². The second-order valence-corrected chi connectivity index (χ2v) is 7.77. The lowest BCUT2D eigenvalue weighted by Crippen LogP contribution is -2.49. The van der Waals surface area contributed by atoms with Crippen LogP contribution < -0.4 is 10.6 Å². The number of carbonyl (C=O) groups excluding carboxylic acids is 2. The summed E-state index contributed by atoms with van der Waals surface area (Å²) in [6.07, 6.45) is 6.09. The molecule has 0 radical (unpaired) electrons. The minimum Gasteiger partial charge on any atom is -0.354 e. The van der Waals surface area contributed by atoms with E-state index >= 15 is 0 Å². The van der Waals surface area contributed by atoms with Gasteiger partial charge < -0.3 is 15.5 Å². The molecular formula is C20H28ClN3O2. The van der Waals surface area contributed by atoms with Gasteiger partial charge in [0.2, 0.25) is 5.91 Å². The first kappa shape index (κ1) is 19.2. The maximum Gasteiger partial charge on any atom is 0.254 e. The first-order valence-corrected chi connectivity index (χ1v) is 10.00. The lowest BCUT2D eigenvalue weighted by atomic mass is 9.84. The normalized spacial score (nSPS) is 25.0. The SMILES string of the molecule is CNCCCNC(=O)C1CC2CCCCC2N1C(=O)c1ccc(Cl)cc1. The highest BCUT2D eigenvalue weighted by atomic mass is 35.5. The lowest BCUT2D eigenvalue weighted by Gasteiger charge is -2.33. The van der Waals surface area contributed by atoms with Crippen molar-refractivity contribution in [3.63, 3.8) is 0 Å². The lowest BCUT2D eigenvalue weighted by molar-refractivity contribution is -0.125. The quantitative estimate of drug-likeness (QED) is 0.749. The number of nitrogens with one attached hydrogen (secondary N) is 2. The number of carbonyl (C=O) groups is 2. The van der Waals surface area contributed by atoms with Crippen LogP contribution in [0.4, 0.5) is 0 Å². The molecule has 1 aromatic rings. The van der Waals surface area contributed by atoms with Crippen molar-refractivity contribution in [2.75, 3.05) is 20.1 Å². The fraction of sp³-hybridized carbons (Fsp3) is 0.600. The van der Waals surface area contributed by atoms with E-state index in [0.717, 1.165) is 38.6 Å². The summed E-state index contributed by atoms with van der Waals surface area (Å²) in [6.45, 7) is 1.50. The van der Waals surface area contributed by atoms with E-state index < -0.39 is 0 Å². The molecule has 0 spiro atoms. The van der Waals surface area contributed by atoms with E-state index in [4.69, 9.17) is 11.6 Å². The van der Waals surface area contributed by atoms with Crippen LogP contribution in [0.2, 0.25) is 5.02 Å². The summed E-state index contributed by atoms with van der Waals surface area (Å²) in [7, 11) is 1.90. The number of amides is 2. The van der Waals surface area contributed by atoms with Crippen molar-refractivity contribution in [2.45, 2.75) is 50.6 Å². The average Bonchev–Trinajstić information content (AvgIpc) is 3.05. The first-order valence-electron chi connectivity index (χ1n) is 9.62. The summed E-state index contributed by atoms with van der Waals surface area (Å²) >= 11 is 5.95. The summed E-state index contributed by atoms with van der Waals surface area (Å²) < 4.78 is 0. The molecule has 2 aliphatic rings. The fourth-order valence-corrected chi connectivity index (χ4v) is 4.45. The van der Waals surface area contributed by atoms with Gasteiger partial charge >= 0.3 is 0 Å². The van der Waals surface area contributed by atoms with Gasteiger partial charge in [-0.1, -0.05) is 24.4 Å². The van der Waals surface area contributed by atoms with Crippen LogP contribution in [0, 0.1) is 5.92 Å². The van der Waals surface area contributed by atoms with E-state index in [0.29, 0.717) is 23.0 Å². The average molecular weight is 378 g/mol. The molecule has 1 aromatic carbocycles. The molecule has 26 heavy (non-hydrogen) atoms. The van der Waals surface area contributed by atoms with E-state index in [2.05, 4.69) is 10.6 Å². The fourth-order valence-electron chi connectivity index (χ4n) is 4.32. The van der Waals surface area contributed by atoms with Crippen LogP contribution >= 0.6 is 11.6 Å². The second kappa shape index (κ2) is 8.87. The van der Waals surface area contributed by atoms with Gasteiger partial charge in [0, 0.05) is 23.2 Å². The molecule has 1 heterocycles. The zero-order chi connectivity index (χ0) is 18.5. The molecule has 3 rings (SSSR count). The number of hydrogen-bond acceptors (Lipinski definition) is 3. The standard InChI is InChI=1S/C20H28ClN3O2/c1-22-11-4-12-23-19(25)18-13-15-5-2-3-6-17(15)24(18)20(26)14-7-9-16(21)10-8-14/h7-10,15,17-18,22H,2-6,11-13H2,1H3,(H,23,25). The largest absolute Gasteiger partial charge is 0.354 e. The van der Waals surface area contributed by atoms with E-state index in [1.165, 1.54) is 6.42 Å². The highest BCUT2D eigenvalue weighted by Gasteiger charge is 2.47. The van der Waals surface area contributed by atoms with Crippen molar-refractivity contribution in [2.24, 2.45) is 5.92 Å². The molecule has 3 atom stereocenters. The third-order valence-electron chi connectivity index (χ3n) is 5.62. The topological polar surface area (TPSA) is 61.4 Å². The van der Waals surface area contributed by atoms with E-state index in [9.17, 15) is 9.59 Å². The van der Waals surface area contributed by atoms with Crippen molar-refractivity contribution >= 4 is 23.4 Å². The van der Waals surface area contributed by atoms with Crippen LogP contribution in [-0.2, 0) is 4.79 Å². The molecule has 1 saturated heterocycles. The zero-order valence-electron chi connectivity index (χ0n) is 15.3. The maximum absolute atomic E-state index is 13.2. The van der Waals surface area contributed by atoms with Crippen molar-refractivity contribution < 1.29 is 9.59 Å². The highest BCUT2D eigenvalue weighted by Crippen LogP contribution is 2.40. The Balaban J connectivity index is 1.76. The second-order valence-electron chi connectivity index (χ2n) is 7.33. The van der Waals surface area contributed by atoms with Crippen molar-refractivity contribution in [1.82, 2.24) is 15.5 Å². The number of rotatable bonds is 6. The Kier molecular flexibility index (Phi) is 6.54. The molecule has 142 valence electrons. The van der Waals surface area contributed by atoms with Gasteiger partial charge in [0.1, 0.15) is 6.04 Å². The van der Waals surface area contributed by atoms with Gasteiger partial charge in [0.25, 0.3) is 5.91 Å². The summed E-state index contributed by atoms with van der Waals surface area (Å²) in [5, 5.41) is 6.71. The predicted molar refractivity (Wildman–Crippen MR) is 103 cm³/mol. The molecule has 2 amide bonds. The summed E-state index contributed by atoms with van der Waals surface area (Å²) in [5.41, 5.74) is 0.605. The summed E-state index contributed by atoms with van der Waals surface area (Å²) in [5.74, 6) is 0.373. The molecule has 1 aliphatic heterocycles. The van der Waals surface area contributed by atoms with E-state index in [-0.39, 0.29) is 23.9 Å². The van der Waals surface area contributed by atoms with E-state index in [1.54, 1.807) is 24.3 Å². The van der Waals surface area contributed by atoms with E-state index in [1.807, 2.05) is 11.9 Å². The van der Waals surface area contributed by atoms with Gasteiger partial charge in [-0.25, -0.2) is 0 Å². The van der Waals surface area contributed by atoms with Crippen molar-refractivity contribution in [3.8, 4) is 0 Å². The Labute approximate surface area is 160 Å². The molecule has 2 N–H and O–H groups in total. The minimum atomic E-state index is -0.360. The smallest absolute Gasteiger partial charge is 0.254 e. The molecule has 0 bridgehead atoms. The Bertz CT molecular complexity index is 634. The molecule has 0 aromatic heterocycles. The van der Waals surface area contributed by atoms with Crippen LogP contribution in [0.25, 0.3) is 0 Å². The van der Waals surface area contributed by atoms with Crippen LogP contribution in [0.1, 0.15) is 48.9 Å². The van der Waals surface area contributed by atoms with Gasteiger partial charge in [0.15, 0.2) is 0 Å². The molecule has 6 heteroatoms. The number of hydrogen-bond donors (Lipinski definition) is 2. The summed E-state index contributed by atoms with van der Waals surface area (Å²) in [6, 6.07) is 6.79. The number of benzene rings is 1. The highest BCUT2D eigenvalue weighted by molar-refractivity contribution is 6.30. The molecule has 5 nitrogen and oxygen atoms in total. The van der Waals surface area contributed by atoms with Crippen LogP contribution in [0.5, 0.6) is 0 Å². The molecule has 1 aliphatic carbocycles. The van der Waals surface area contributed by atoms with Gasteiger partial charge in [0.05, 0.1) is 0 Å². The zero-order valence-corrected chi connectivity index (χ0v) is 16.1. The Morgan fingerprint density at radius 3 is 2.62 bits per heavy atom. The first-order chi connectivity index (χ1) is 12.6. The molecular weight excluding hydrogens is 350 g/mol. The number of fused-ring (bicyclic) bond motifs is 1. The number of nitrogens with zero attached hydrogens (tertiary/aromatic N) is 1. The Hall–Kier alpha value is -1.59. The minimum absolute atomic E-state index is 0.0159. The van der Waals surface area contributed by atoms with Gasteiger partial charge in [-0.15, -0.1) is 0 Å². The third kappa shape index (κ3) is 4.21. The summed E-state index contributed by atoms with van der Waals surface area (Å²) in [4.78, 5) is 27.9. The molecule has 1 saturated carbocycles. The molecule has 2 fully saturated rings. The Morgan fingerprint density at radius 2 is 1.88 bits per heavy atom. The van der Waals surface area contributed by atoms with Crippen LogP contribution in [0.15, 0.2) is 24.3 Å². The number of likely N-dealkylation sites (tertiary alicyclic amines) is 1. The van der Waals surface area contributed by atoms with Crippen LogP contribution in [0.3, 0.4) is 0 Å². The number of halogens is 1. The predicted octanol–water partition coefficient (Wildman–Crippen LogP) is 2.84. The Morgan fingerprint density at radius 1 is 1.15 bits per heavy atom. The van der Waals surface area contributed by atoms with Crippen LogP contribution in [-0.4, -0.2) is 48.9 Å². The van der Waals surface area contributed by atoms with Gasteiger partial charge in [-0.05, 0) is 69.5 Å². The molecule has 3 unspecified atom stereocenters. The van der Waals surface area contributed by atoms with Gasteiger partial charge in [-0.3, -0.25) is 9.59 Å². The monoisotopic (exact) mass is 377 g/mol. The van der Waals surface area contributed by atoms with Crippen molar-refractivity contribution in [1.29, 1.82) is 0 Å².